The summed E-state index contributed by atoms with van der Waals surface area (Å²) in [5.74, 6) is 0. The van der Waals surface area contributed by atoms with Gasteiger partial charge in [0, 0.05) is 63.3 Å². The van der Waals surface area contributed by atoms with Crippen molar-refractivity contribution in [1.82, 2.24) is 13.7 Å². The number of hydrogen-bond acceptors (Lipinski definition) is 0. The van der Waals surface area contributed by atoms with Crippen LogP contribution in [0.1, 0.15) is 0 Å². The summed E-state index contributed by atoms with van der Waals surface area (Å²) in [5.41, 5.74) is 10.4. The minimum absolute atomic E-state index is 1.12. The molecule has 0 aliphatic rings. The molecule has 0 fully saturated rings. The lowest BCUT2D eigenvalue weighted by atomic mass is 10.1. The van der Waals surface area contributed by atoms with E-state index in [9.17, 15) is 0 Å². The van der Waals surface area contributed by atoms with Crippen molar-refractivity contribution in [2.75, 3.05) is 0 Å². The SMILES string of the molecule is c1ccc(-n2c3ccccc3c3cc(-n4c5ccccc5c5cc(S(c6ccccc6)(c6ccccc6)c6ccccc6)ccc54)cc(-n4c5ccccc5c5ccccc54)c32)cc1. The topological polar surface area (TPSA) is 14.8 Å². The Bertz CT molecular complexity index is 3730. The molecule has 0 atom stereocenters. The Hall–Kier alpha value is -8.05. The third-order valence-corrected chi connectivity index (χ3v) is 17.0. The van der Waals surface area contributed by atoms with E-state index in [4.69, 9.17) is 0 Å². The quantitative estimate of drug-likeness (QED) is 0.152. The maximum absolute atomic E-state index is 2.50. The minimum Gasteiger partial charge on any atom is -0.309 e. The fraction of sp³-hybridized carbons (Fsp3) is 0. The highest BCUT2D eigenvalue weighted by Gasteiger charge is 2.34. The minimum atomic E-state index is -1.90. The second kappa shape index (κ2) is 14.5. The van der Waals surface area contributed by atoms with Gasteiger partial charge in [-0.05, 0) is 103 Å². The zero-order valence-corrected chi connectivity index (χ0v) is 35.7. The van der Waals surface area contributed by atoms with Crippen molar-refractivity contribution in [2.24, 2.45) is 0 Å². The Morgan fingerprint density at radius 3 is 1.14 bits per heavy atom. The Morgan fingerprint density at radius 1 is 0.234 bits per heavy atom. The van der Waals surface area contributed by atoms with Gasteiger partial charge in [0.25, 0.3) is 0 Å². The van der Waals surface area contributed by atoms with Gasteiger partial charge in [-0.25, -0.2) is 0 Å². The molecule has 10 aromatic carbocycles. The van der Waals surface area contributed by atoms with Crippen molar-refractivity contribution < 1.29 is 0 Å². The van der Waals surface area contributed by atoms with Crippen LogP contribution >= 0.6 is 10.0 Å². The molecule has 0 spiro atoms. The molecule has 13 aromatic rings. The van der Waals surface area contributed by atoms with Crippen molar-refractivity contribution >= 4 is 75.4 Å². The van der Waals surface area contributed by atoms with Gasteiger partial charge in [0.1, 0.15) is 0 Å². The van der Waals surface area contributed by atoms with Crippen LogP contribution in [0.4, 0.5) is 0 Å². The summed E-state index contributed by atoms with van der Waals surface area (Å²) < 4.78 is 7.47. The number of aromatic nitrogens is 3. The van der Waals surface area contributed by atoms with Crippen molar-refractivity contribution in [3.63, 3.8) is 0 Å². The summed E-state index contributed by atoms with van der Waals surface area (Å²) in [6, 6.07) is 92.0. The molecule has 302 valence electrons. The molecule has 0 aliphatic heterocycles. The van der Waals surface area contributed by atoms with Crippen LogP contribution in [0.15, 0.2) is 268 Å². The second-order valence-electron chi connectivity index (χ2n) is 16.5. The van der Waals surface area contributed by atoms with Crippen LogP contribution in [0.3, 0.4) is 0 Å². The van der Waals surface area contributed by atoms with Crippen LogP contribution in [0.5, 0.6) is 0 Å². The fourth-order valence-corrected chi connectivity index (χ4v) is 14.4. The Kier molecular flexibility index (Phi) is 8.30. The first-order chi connectivity index (χ1) is 31.8. The zero-order chi connectivity index (χ0) is 42.2. The molecule has 0 bridgehead atoms. The lowest BCUT2D eigenvalue weighted by Crippen LogP contribution is -2.05. The van der Waals surface area contributed by atoms with Crippen LogP contribution in [0.2, 0.25) is 0 Å². The Labute approximate surface area is 372 Å². The van der Waals surface area contributed by atoms with E-state index >= 15 is 0 Å². The maximum atomic E-state index is 2.50. The van der Waals surface area contributed by atoms with Crippen LogP contribution in [-0.4, -0.2) is 13.7 Å². The van der Waals surface area contributed by atoms with Crippen LogP contribution in [0, 0.1) is 0 Å². The van der Waals surface area contributed by atoms with E-state index in [1.54, 1.807) is 0 Å². The third-order valence-electron chi connectivity index (χ3n) is 13.1. The molecule has 3 heterocycles. The molecule has 0 saturated carbocycles. The largest absolute Gasteiger partial charge is 0.309 e. The molecule has 0 unspecified atom stereocenters. The predicted octanol–water partition coefficient (Wildman–Crippen LogP) is 16.3. The van der Waals surface area contributed by atoms with Crippen molar-refractivity contribution in [3.05, 3.63) is 249 Å². The Morgan fingerprint density at radius 2 is 0.625 bits per heavy atom. The van der Waals surface area contributed by atoms with E-state index in [1.165, 1.54) is 85.0 Å². The van der Waals surface area contributed by atoms with Gasteiger partial charge in [0.2, 0.25) is 0 Å². The van der Waals surface area contributed by atoms with Crippen molar-refractivity contribution in [2.45, 2.75) is 19.6 Å². The van der Waals surface area contributed by atoms with Crippen LogP contribution < -0.4 is 0 Å². The highest BCUT2D eigenvalue weighted by atomic mass is 32.3. The number of rotatable bonds is 7. The van der Waals surface area contributed by atoms with E-state index in [0.29, 0.717) is 0 Å². The number of fused-ring (bicyclic) bond motifs is 9. The van der Waals surface area contributed by atoms with Gasteiger partial charge in [-0.1, -0.05) is 146 Å². The summed E-state index contributed by atoms with van der Waals surface area (Å²) in [6.07, 6.45) is 0. The van der Waals surface area contributed by atoms with Gasteiger partial charge in [-0.3, -0.25) is 0 Å². The van der Waals surface area contributed by atoms with E-state index in [0.717, 1.165) is 17.1 Å². The highest BCUT2D eigenvalue weighted by Crippen LogP contribution is 2.73. The average molecular weight is 836 g/mol. The molecule has 0 amide bonds. The normalized spacial score (nSPS) is 12.3. The third kappa shape index (κ3) is 5.30. The molecule has 0 aliphatic carbocycles. The first kappa shape index (κ1) is 36.6. The summed E-state index contributed by atoms with van der Waals surface area (Å²) in [4.78, 5) is 5.24. The molecule has 4 heteroatoms. The smallest absolute Gasteiger partial charge is 0.0784 e. The zero-order valence-electron chi connectivity index (χ0n) is 34.9. The van der Waals surface area contributed by atoms with E-state index in [-0.39, 0.29) is 0 Å². The fourth-order valence-electron chi connectivity index (χ4n) is 10.5. The summed E-state index contributed by atoms with van der Waals surface area (Å²) in [7, 11) is -1.90. The maximum Gasteiger partial charge on any atom is 0.0784 e. The van der Waals surface area contributed by atoms with Crippen molar-refractivity contribution in [1.29, 1.82) is 0 Å². The second-order valence-corrected chi connectivity index (χ2v) is 19.6. The Balaban J connectivity index is 1.16. The molecular formula is C60H41N3S. The molecule has 3 aromatic heterocycles. The van der Waals surface area contributed by atoms with E-state index in [1.807, 2.05) is 0 Å². The van der Waals surface area contributed by atoms with Gasteiger partial charge in [-0.2, -0.15) is 0 Å². The predicted molar refractivity (Wildman–Crippen MR) is 269 cm³/mol. The number of benzene rings is 10. The molecular weight excluding hydrogens is 795 g/mol. The monoisotopic (exact) mass is 835 g/mol. The van der Waals surface area contributed by atoms with Gasteiger partial charge in [0.05, 0.1) is 38.8 Å². The summed E-state index contributed by atoms with van der Waals surface area (Å²) in [5, 5.41) is 7.37. The molecule has 0 saturated heterocycles. The first-order valence-corrected chi connectivity index (χ1v) is 23.6. The lowest BCUT2D eigenvalue weighted by molar-refractivity contribution is 1.11. The summed E-state index contributed by atoms with van der Waals surface area (Å²) >= 11 is 0. The summed E-state index contributed by atoms with van der Waals surface area (Å²) in [6.45, 7) is 0. The highest BCUT2D eigenvalue weighted by molar-refractivity contribution is 8.34. The first-order valence-electron chi connectivity index (χ1n) is 21.9. The van der Waals surface area contributed by atoms with Crippen LogP contribution in [0.25, 0.3) is 82.5 Å². The number of nitrogens with zero attached hydrogens (tertiary/aromatic N) is 3. The van der Waals surface area contributed by atoms with Gasteiger partial charge < -0.3 is 13.7 Å². The van der Waals surface area contributed by atoms with Gasteiger partial charge in [-0.15, -0.1) is 10.0 Å². The van der Waals surface area contributed by atoms with Gasteiger partial charge >= 0.3 is 0 Å². The van der Waals surface area contributed by atoms with E-state index < -0.39 is 10.0 Å². The average Bonchev–Trinajstić information content (AvgIpc) is 4.01. The van der Waals surface area contributed by atoms with Crippen molar-refractivity contribution in [3.8, 4) is 17.1 Å². The number of para-hydroxylation sites is 5. The van der Waals surface area contributed by atoms with Crippen LogP contribution in [-0.2, 0) is 0 Å². The molecule has 0 radical (unpaired) electrons. The molecule has 3 nitrogen and oxygen atoms in total. The standard InChI is InChI=1S/C60H41N3S/c1-5-21-42(22-6-1)62-55-34-18-16-32-51(55)53-39-43(40-59(60(53)62)63-56-35-19-13-29-48(56)49-30-14-20-36-57(49)63)61-54-33-17-15-31-50(54)52-41-47(37-38-58(52)61)64(44-23-7-2-8-24-44,45-25-9-3-10-26-45)46-27-11-4-12-28-46/h1-41H. The molecule has 64 heavy (non-hydrogen) atoms. The molecule has 13 rings (SSSR count). The van der Waals surface area contributed by atoms with E-state index in [2.05, 4.69) is 262 Å². The number of hydrogen-bond donors (Lipinski definition) is 0. The van der Waals surface area contributed by atoms with Gasteiger partial charge in [0.15, 0.2) is 0 Å². The molecule has 0 N–H and O–H groups in total. The lowest BCUT2D eigenvalue weighted by Gasteiger charge is -2.42.